The number of halogens is 1. The number of methoxy groups -OCH3 is 1. The summed E-state index contributed by atoms with van der Waals surface area (Å²) < 4.78 is 18.8. The smallest absolute Gasteiger partial charge is 0.0985 e. The monoisotopic (exact) mass is 382 g/mol. The molecule has 0 saturated heterocycles. The maximum absolute atomic E-state index is 13.6. The van der Waals surface area contributed by atoms with Gasteiger partial charge in [0.25, 0.3) is 0 Å². The Morgan fingerprint density at radius 2 is 1.75 bits per heavy atom. The van der Waals surface area contributed by atoms with E-state index < -0.39 is 6.67 Å². The number of pyridine rings is 2. The summed E-state index contributed by atoms with van der Waals surface area (Å²) in [5, 5.41) is 0. The van der Waals surface area contributed by atoms with Crippen LogP contribution in [0.5, 0.6) is 0 Å². The second-order valence-corrected chi connectivity index (χ2v) is 7.94. The van der Waals surface area contributed by atoms with E-state index in [2.05, 4.69) is 63.9 Å². The first-order chi connectivity index (χ1) is 13.4. The molecule has 150 valence electrons. The third kappa shape index (κ3) is 3.70. The molecule has 3 nitrogen and oxygen atoms in total. The van der Waals surface area contributed by atoms with Crippen molar-refractivity contribution in [3.8, 4) is 22.5 Å². The van der Waals surface area contributed by atoms with Crippen LogP contribution in [-0.4, -0.2) is 30.4 Å². The third-order valence-electron chi connectivity index (χ3n) is 5.54. The van der Waals surface area contributed by atoms with E-state index in [-0.39, 0.29) is 5.92 Å². The number of alkyl halides is 1. The fraction of sp³-hybridized carbons (Fsp3) is 0.458. The summed E-state index contributed by atoms with van der Waals surface area (Å²) in [6.45, 7) is 10.6. The van der Waals surface area contributed by atoms with Crippen molar-refractivity contribution in [2.24, 2.45) is 0 Å². The van der Waals surface area contributed by atoms with Crippen molar-refractivity contribution in [3.05, 3.63) is 52.3 Å². The largest absolute Gasteiger partial charge is 0.384 e. The number of fused-ring (bicyclic) bond motifs is 1. The zero-order valence-electron chi connectivity index (χ0n) is 17.8. The molecule has 0 bridgehead atoms. The topological polar surface area (TPSA) is 37.9 Å². The van der Waals surface area contributed by atoms with Crippen molar-refractivity contribution in [2.75, 3.05) is 20.4 Å². The highest BCUT2D eigenvalue weighted by molar-refractivity contribution is 5.78. The Morgan fingerprint density at radius 3 is 2.36 bits per heavy atom. The normalized spacial score (nSPS) is 12.9. The summed E-state index contributed by atoms with van der Waals surface area (Å²) in [6, 6.07) is 8.57. The van der Waals surface area contributed by atoms with E-state index >= 15 is 0 Å². The molecular formula is C24H31FN2O. The number of nitrogens with one attached hydrogen (secondary N) is 1. The van der Waals surface area contributed by atoms with Gasteiger partial charge in [0.05, 0.1) is 19.0 Å². The molecule has 2 heterocycles. The summed E-state index contributed by atoms with van der Waals surface area (Å²) in [5.74, 6) is 0.170. The highest BCUT2D eigenvalue weighted by Gasteiger charge is 2.23. The van der Waals surface area contributed by atoms with Crippen LogP contribution in [0.4, 0.5) is 4.39 Å². The Morgan fingerprint density at radius 1 is 1.07 bits per heavy atom. The molecule has 4 heteroatoms. The Labute approximate surface area is 167 Å². The average molecular weight is 383 g/mol. The highest BCUT2D eigenvalue weighted by atomic mass is 19.1. The minimum Gasteiger partial charge on any atom is -0.384 e. The molecule has 2 aliphatic rings. The van der Waals surface area contributed by atoms with Crippen molar-refractivity contribution in [1.29, 1.82) is 0 Å². The molecule has 1 aliphatic carbocycles. The van der Waals surface area contributed by atoms with Gasteiger partial charge in [0.15, 0.2) is 0 Å². The van der Waals surface area contributed by atoms with E-state index in [4.69, 9.17) is 9.72 Å². The minimum atomic E-state index is -0.423. The predicted molar refractivity (Wildman–Crippen MR) is 114 cm³/mol. The van der Waals surface area contributed by atoms with Gasteiger partial charge in [-0.2, -0.15) is 0 Å². The number of nitrogens with zero attached hydrogens (tertiary/aromatic N) is 1. The second-order valence-electron chi connectivity index (χ2n) is 7.94. The van der Waals surface area contributed by atoms with E-state index in [1.807, 2.05) is 0 Å². The Bertz CT molecular complexity index is 929. The van der Waals surface area contributed by atoms with Gasteiger partial charge >= 0.3 is 0 Å². The summed E-state index contributed by atoms with van der Waals surface area (Å²) >= 11 is 0. The van der Waals surface area contributed by atoms with Crippen molar-refractivity contribution in [1.82, 2.24) is 9.97 Å². The zero-order chi connectivity index (χ0) is 20.4. The van der Waals surface area contributed by atoms with Gasteiger partial charge in [-0.25, -0.2) is 0 Å². The van der Waals surface area contributed by atoms with Gasteiger partial charge in [0.2, 0.25) is 0 Å². The van der Waals surface area contributed by atoms with Gasteiger partial charge in [0.1, 0.15) is 0 Å². The highest BCUT2D eigenvalue weighted by Crippen LogP contribution is 2.39. The average Bonchev–Trinajstić information content (AvgIpc) is 3.00. The molecule has 1 aliphatic heterocycles. The minimum absolute atomic E-state index is 0.238. The molecule has 1 N–H and O–H groups in total. The van der Waals surface area contributed by atoms with Crippen molar-refractivity contribution >= 4 is 0 Å². The fourth-order valence-electron chi connectivity index (χ4n) is 3.95. The SMILES string of the molecule is CCc1nc(C(C)C)ccc1-c1[nH]c2c(C)cc([C@@H](CF)COC)c-2cc1C. The third-order valence-corrected chi connectivity index (χ3v) is 5.54. The van der Waals surface area contributed by atoms with Crippen LogP contribution in [0.1, 0.15) is 60.7 Å². The molecule has 0 fully saturated rings. The molecule has 0 amide bonds. The van der Waals surface area contributed by atoms with Crippen LogP contribution in [0.25, 0.3) is 22.5 Å². The second kappa shape index (κ2) is 8.44. The van der Waals surface area contributed by atoms with Crippen LogP contribution >= 0.6 is 0 Å². The maximum atomic E-state index is 13.6. The Hall–Kier alpha value is -2.20. The lowest BCUT2D eigenvalue weighted by molar-refractivity contribution is 0.167. The van der Waals surface area contributed by atoms with Crippen molar-refractivity contribution < 1.29 is 9.13 Å². The summed E-state index contributed by atoms with van der Waals surface area (Å²) in [7, 11) is 1.62. The summed E-state index contributed by atoms with van der Waals surface area (Å²) in [6.07, 6.45) is 0.879. The van der Waals surface area contributed by atoms with Crippen LogP contribution in [0.15, 0.2) is 24.3 Å². The number of aromatic amines is 1. The molecule has 0 spiro atoms. The van der Waals surface area contributed by atoms with Crippen LogP contribution in [0, 0.1) is 13.8 Å². The van der Waals surface area contributed by atoms with Crippen LogP contribution in [0.2, 0.25) is 0 Å². The number of ether oxygens (including phenoxy) is 1. The number of rotatable bonds is 7. The molecule has 0 saturated carbocycles. The maximum Gasteiger partial charge on any atom is 0.0985 e. The van der Waals surface area contributed by atoms with Gasteiger partial charge in [-0.1, -0.05) is 26.8 Å². The van der Waals surface area contributed by atoms with Gasteiger partial charge in [-0.3, -0.25) is 9.37 Å². The zero-order valence-corrected chi connectivity index (χ0v) is 17.8. The molecule has 1 aromatic rings. The van der Waals surface area contributed by atoms with Crippen LogP contribution < -0.4 is 0 Å². The Kier molecular flexibility index (Phi) is 6.19. The van der Waals surface area contributed by atoms with Gasteiger partial charge in [0, 0.05) is 41.2 Å². The van der Waals surface area contributed by atoms with E-state index in [1.54, 1.807) is 7.11 Å². The first-order valence-electron chi connectivity index (χ1n) is 10.1. The Balaban J connectivity index is 2.16. The van der Waals surface area contributed by atoms with Gasteiger partial charge in [-0.05, 0) is 61.1 Å². The lowest BCUT2D eigenvalue weighted by Crippen LogP contribution is -2.09. The molecular weight excluding hydrogens is 351 g/mol. The molecule has 0 aromatic carbocycles. The summed E-state index contributed by atoms with van der Waals surface area (Å²) in [4.78, 5) is 8.54. The number of H-pyrrole nitrogens is 1. The first-order valence-corrected chi connectivity index (χ1v) is 10.1. The number of hydrogen-bond donors (Lipinski definition) is 1. The molecule has 28 heavy (non-hydrogen) atoms. The molecule has 3 rings (SSSR count). The lowest BCUT2D eigenvalue weighted by Gasteiger charge is -2.18. The number of aromatic nitrogens is 2. The molecule has 1 atom stereocenters. The first kappa shape index (κ1) is 20.5. The lowest BCUT2D eigenvalue weighted by atomic mass is 9.95. The standard InChI is InChI=1S/C24H31FN2O/c1-7-21-18(8-9-22(26-21)14(2)3)23-16(5)11-20-19(17(12-25)13-28-6)10-15(4)24(20)27-23/h8-11,14,17,27H,7,12-13H2,1-6H3/t17-/m0/s1. The molecule has 0 radical (unpaired) electrons. The van der Waals surface area contributed by atoms with E-state index in [1.165, 1.54) is 0 Å². The number of hydrogen-bond acceptors (Lipinski definition) is 2. The number of aryl methyl sites for hydroxylation is 3. The molecule has 0 unspecified atom stereocenters. The van der Waals surface area contributed by atoms with E-state index in [0.29, 0.717) is 12.5 Å². The predicted octanol–water partition coefficient (Wildman–Crippen LogP) is 6.18. The molecule has 1 aromatic heterocycles. The van der Waals surface area contributed by atoms with Crippen molar-refractivity contribution in [3.63, 3.8) is 0 Å². The van der Waals surface area contributed by atoms with Crippen LogP contribution in [0.3, 0.4) is 0 Å². The fourth-order valence-corrected chi connectivity index (χ4v) is 3.95. The summed E-state index contributed by atoms with van der Waals surface area (Å²) in [5.41, 5.74) is 9.92. The van der Waals surface area contributed by atoms with Crippen molar-refractivity contribution in [2.45, 2.75) is 52.9 Å². The van der Waals surface area contributed by atoms with Gasteiger partial charge in [-0.15, -0.1) is 0 Å². The quantitative estimate of drug-likeness (QED) is 0.529. The van der Waals surface area contributed by atoms with E-state index in [9.17, 15) is 4.39 Å². The van der Waals surface area contributed by atoms with E-state index in [0.717, 1.165) is 57.0 Å². The van der Waals surface area contributed by atoms with Crippen LogP contribution in [-0.2, 0) is 11.2 Å². The van der Waals surface area contributed by atoms with Gasteiger partial charge < -0.3 is 9.72 Å².